The molecule has 0 saturated heterocycles. The quantitative estimate of drug-likeness (QED) is 0.139. The maximum absolute atomic E-state index is 2.79. The molecule has 4 aliphatic carbocycles. The van der Waals surface area contributed by atoms with Gasteiger partial charge in [0.15, 0.2) is 0 Å². The first-order valence-corrected chi connectivity index (χ1v) is 18.2. The summed E-state index contributed by atoms with van der Waals surface area (Å²) in [4.78, 5) is 2.32. The lowest BCUT2D eigenvalue weighted by atomic mass is 9.47. The Hall–Kier alpha value is 0.400. The van der Waals surface area contributed by atoms with Gasteiger partial charge in [-0.2, -0.15) is 0 Å². The second kappa shape index (κ2) is 12.7. The number of hydrogen-bond donors (Lipinski definition) is 0. The molecule has 3 fully saturated rings. The summed E-state index contributed by atoms with van der Waals surface area (Å²) in [6.07, 6.45) is 21.6. The summed E-state index contributed by atoms with van der Waals surface area (Å²) in [5.41, 5.74) is 3.01. The van der Waals surface area contributed by atoms with Gasteiger partial charge in [0.25, 0.3) is 0 Å². The summed E-state index contributed by atoms with van der Waals surface area (Å²) >= 11 is 0. The molecule has 0 bridgehead atoms. The van der Waals surface area contributed by atoms with Crippen LogP contribution in [0.5, 0.6) is 0 Å². The van der Waals surface area contributed by atoms with Crippen molar-refractivity contribution in [3.8, 4) is 0 Å². The van der Waals surface area contributed by atoms with Crippen LogP contribution in [0.2, 0.25) is 0 Å². The molecule has 0 N–H and O–H groups in total. The van der Waals surface area contributed by atoms with E-state index in [-0.39, 0.29) is 0 Å². The molecule has 0 aromatic rings. The van der Waals surface area contributed by atoms with Gasteiger partial charge in [0.2, 0.25) is 0 Å². The van der Waals surface area contributed by atoms with Crippen LogP contribution in [-0.4, -0.2) is 36.5 Å². The van der Waals surface area contributed by atoms with Crippen molar-refractivity contribution in [1.82, 2.24) is 4.90 Å². The van der Waals surface area contributed by atoms with Crippen LogP contribution in [0, 0.1) is 46.3 Å². The lowest BCUT2D eigenvalue weighted by Gasteiger charge is -2.58. The van der Waals surface area contributed by atoms with Crippen molar-refractivity contribution in [2.75, 3.05) is 26.4 Å². The molecule has 0 spiro atoms. The molecule has 4 aliphatic rings. The highest BCUT2D eigenvalue weighted by molar-refractivity contribution is 8.76. The van der Waals surface area contributed by atoms with Gasteiger partial charge >= 0.3 is 0 Å². The molecule has 1 nitrogen and oxygen atoms in total. The Morgan fingerprint density at radius 1 is 0.944 bits per heavy atom. The van der Waals surface area contributed by atoms with Gasteiger partial charge in [-0.15, -0.1) is 0 Å². The highest BCUT2D eigenvalue weighted by atomic mass is 33.1. The number of allylic oxidation sites excluding steroid dienone is 2. The van der Waals surface area contributed by atoms with Crippen LogP contribution in [0.15, 0.2) is 11.6 Å². The average molecular weight is 534 g/mol. The molecule has 8 atom stereocenters. The summed E-state index contributed by atoms with van der Waals surface area (Å²) in [5, 5.41) is 0.858. The van der Waals surface area contributed by atoms with Crippen LogP contribution < -0.4 is 0 Å². The van der Waals surface area contributed by atoms with Crippen molar-refractivity contribution in [3.05, 3.63) is 11.6 Å². The van der Waals surface area contributed by atoms with Gasteiger partial charge in [-0.05, 0) is 131 Å². The van der Waals surface area contributed by atoms with Crippen LogP contribution >= 0.6 is 21.6 Å². The zero-order valence-electron chi connectivity index (χ0n) is 25.0. The van der Waals surface area contributed by atoms with Crippen molar-refractivity contribution in [2.45, 2.75) is 123 Å². The Labute approximate surface area is 233 Å². The zero-order valence-corrected chi connectivity index (χ0v) is 26.6. The molecule has 4 rings (SSSR count). The van der Waals surface area contributed by atoms with Gasteiger partial charge in [-0.1, -0.05) is 87.1 Å². The van der Waals surface area contributed by atoms with Crippen molar-refractivity contribution in [1.29, 1.82) is 0 Å². The molecule has 0 radical (unpaired) electrons. The van der Waals surface area contributed by atoms with Gasteiger partial charge in [0.1, 0.15) is 0 Å². The van der Waals surface area contributed by atoms with E-state index in [0.29, 0.717) is 10.8 Å². The largest absolute Gasteiger partial charge is 0.309 e. The second-order valence-corrected chi connectivity index (χ2v) is 17.4. The first-order valence-electron chi connectivity index (χ1n) is 15.8. The number of hydrogen-bond acceptors (Lipinski definition) is 3. The summed E-state index contributed by atoms with van der Waals surface area (Å²) in [6.45, 7) is 14.1. The average Bonchev–Trinajstić information content (AvgIpc) is 3.18. The number of fused-ring (bicyclic) bond motifs is 5. The molecule has 0 amide bonds. The van der Waals surface area contributed by atoms with E-state index in [1.165, 1.54) is 95.8 Å². The molecule has 2 unspecified atom stereocenters. The van der Waals surface area contributed by atoms with E-state index < -0.39 is 0 Å². The molecular weight excluding hydrogens is 475 g/mol. The molecule has 3 saturated carbocycles. The molecule has 0 aliphatic heterocycles. The lowest BCUT2D eigenvalue weighted by molar-refractivity contribution is -0.0497. The predicted molar refractivity (Wildman–Crippen MR) is 165 cm³/mol. The van der Waals surface area contributed by atoms with Gasteiger partial charge in [-0.25, -0.2) is 0 Å². The first kappa shape index (κ1) is 29.4. The minimum Gasteiger partial charge on any atom is -0.309 e. The van der Waals surface area contributed by atoms with Crippen LogP contribution in [0.25, 0.3) is 0 Å². The third-order valence-corrected chi connectivity index (χ3v) is 14.5. The second-order valence-electron chi connectivity index (χ2n) is 14.6. The Morgan fingerprint density at radius 2 is 1.75 bits per heavy atom. The minimum absolute atomic E-state index is 0.513. The topological polar surface area (TPSA) is 3.24 Å². The van der Waals surface area contributed by atoms with E-state index in [1.807, 2.05) is 5.57 Å². The highest BCUT2D eigenvalue weighted by Crippen LogP contribution is 2.67. The summed E-state index contributed by atoms with van der Waals surface area (Å²) in [6, 6.07) is 0. The normalized spacial score (nSPS) is 39.0. The van der Waals surface area contributed by atoms with Gasteiger partial charge in [-0.3, -0.25) is 0 Å². The summed E-state index contributed by atoms with van der Waals surface area (Å²) in [5.74, 6) is 7.03. The molecule has 208 valence electrons. The fraction of sp³-hybridized carbons (Fsp3) is 0.939. The number of rotatable bonds is 12. The van der Waals surface area contributed by atoms with Crippen molar-refractivity contribution < 1.29 is 0 Å². The van der Waals surface area contributed by atoms with Crippen molar-refractivity contribution in [2.24, 2.45) is 46.3 Å². The van der Waals surface area contributed by atoms with Gasteiger partial charge in [0.05, 0.1) is 0 Å². The van der Waals surface area contributed by atoms with Crippen LogP contribution in [0.1, 0.15) is 118 Å². The molecule has 0 aromatic carbocycles. The smallest absolute Gasteiger partial charge is 0.0189 e. The fourth-order valence-electron chi connectivity index (χ4n) is 9.47. The molecule has 3 heteroatoms. The lowest BCUT2D eigenvalue weighted by Crippen LogP contribution is -2.50. The van der Waals surface area contributed by atoms with Crippen molar-refractivity contribution in [3.63, 3.8) is 0 Å². The SMILES string of the molecule is CC(C)CCC[C@@H](C)[C@H]1CCC2[C@@H]3CC=C4CC(SSCCCCN(C)C)CC[C@]4(C)[C@H]3CC[C@@]21C. The van der Waals surface area contributed by atoms with E-state index in [1.54, 1.807) is 0 Å². The van der Waals surface area contributed by atoms with Crippen LogP contribution in [-0.2, 0) is 0 Å². The van der Waals surface area contributed by atoms with Crippen LogP contribution in [0.4, 0.5) is 0 Å². The minimum atomic E-state index is 0.513. The molecule has 0 aromatic heterocycles. The summed E-state index contributed by atoms with van der Waals surface area (Å²) in [7, 11) is 8.78. The van der Waals surface area contributed by atoms with E-state index in [9.17, 15) is 0 Å². The highest BCUT2D eigenvalue weighted by Gasteiger charge is 2.59. The number of unbranched alkanes of at least 4 members (excludes halogenated alkanes) is 1. The Kier molecular flexibility index (Phi) is 10.4. The predicted octanol–water partition coefficient (Wildman–Crippen LogP) is 10.1. The Bertz CT molecular complexity index is 731. The number of nitrogens with zero attached hydrogens (tertiary/aromatic N) is 1. The fourth-order valence-corrected chi connectivity index (χ4v) is 12.3. The zero-order chi connectivity index (χ0) is 25.9. The molecule has 0 heterocycles. The first-order chi connectivity index (χ1) is 17.1. The third-order valence-electron chi connectivity index (χ3n) is 11.5. The van der Waals surface area contributed by atoms with E-state index in [2.05, 4.69) is 81.3 Å². The van der Waals surface area contributed by atoms with Crippen molar-refractivity contribution >= 4 is 21.6 Å². The maximum Gasteiger partial charge on any atom is 0.0189 e. The van der Waals surface area contributed by atoms with E-state index in [0.717, 1.165) is 40.8 Å². The standard InChI is InChI=1S/C33H59NS2/c1-24(2)11-10-12-25(3)29-15-16-30-28-14-13-26-23-27(36-35-22-9-8-21-34(6)7)17-19-32(26,4)31(28)18-20-33(29,30)5/h13,24-25,27-31H,8-12,14-23H2,1-7H3/t25-,27?,28+,29-,30?,31+,32+,33-/m1/s1. The monoisotopic (exact) mass is 533 g/mol. The van der Waals surface area contributed by atoms with Crippen LogP contribution in [0.3, 0.4) is 0 Å². The molecule has 36 heavy (non-hydrogen) atoms. The van der Waals surface area contributed by atoms with E-state index >= 15 is 0 Å². The summed E-state index contributed by atoms with van der Waals surface area (Å²) < 4.78 is 0. The molecular formula is C33H59NS2. The van der Waals surface area contributed by atoms with Gasteiger partial charge in [0, 0.05) is 11.0 Å². The third kappa shape index (κ3) is 6.41. The van der Waals surface area contributed by atoms with E-state index in [4.69, 9.17) is 0 Å². The maximum atomic E-state index is 2.79. The van der Waals surface area contributed by atoms with Gasteiger partial charge < -0.3 is 4.90 Å². The Morgan fingerprint density at radius 3 is 2.50 bits per heavy atom. The Balaban J connectivity index is 1.32.